The molecule has 180 valence electrons. The van der Waals surface area contributed by atoms with Crippen LogP contribution in [0.4, 0.5) is 4.39 Å². The molecule has 4 heteroatoms. The summed E-state index contributed by atoms with van der Waals surface area (Å²) in [6.07, 6.45) is 10.2. The fraction of sp³-hybridized carbons (Fsp3) is 0.586. The Bertz CT molecular complexity index is 902. The van der Waals surface area contributed by atoms with E-state index in [0.29, 0.717) is 37.2 Å². The predicted octanol–water partition coefficient (Wildman–Crippen LogP) is 6.12. The Morgan fingerprint density at radius 3 is 2.73 bits per heavy atom. The Morgan fingerprint density at radius 2 is 1.97 bits per heavy atom. The summed E-state index contributed by atoms with van der Waals surface area (Å²) in [6.45, 7) is 10.1. The van der Waals surface area contributed by atoms with E-state index in [0.717, 1.165) is 29.7 Å². The number of allylic oxidation sites excluding steroid dienone is 3. The van der Waals surface area contributed by atoms with Crippen LogP contribution in [0.1, 0.15) is 64.4 Å². The van der Waals surface area contributed by atoms with Crippen molar-refractivity contribution in [1.82, 2.24) is 0 Å². The molecular weight excluding hydrogens is 415 g/mol. The lowest BCUT2D eigenvalue weighted by Crippen LogP contribution is -2.37. The second-order valence-electron chi connectivity index (χ2n) is 10.8. The van der Waals surface area contributed by atoms with E-state index in [2.05, 4.69) is 32.6 Å². The predicted molar refractivity (Wildman–Crippen MR) is 130 cm³/mol. The third-order valence-corrected chi connectivity index (χ3v) is 8.55. The molecule has 0 aromatic heterocycles. The van der Waals surface area contributed by atoms with Gasteiger partial charge in [-0.1, -0.05) is 50.3 Å². The summed E-state index contributed by atoms with van der Waals surface area (Å²) in [7, 11) is 0. The van der Waals surface area contributed by atoms with Crippen molar-refractivity contribution in [3.8, 4) is 0 Å². The zero-order chi connectivity index (χ0) is 23.6. The van der Waals surface area contributed by atoms with E-state index in [9.17, 15) is 14.6 Å². The van der Waals surface area contributed by atoms with Crippen molar-refractivity contribution in [3.63, 3.8) is 0 Å². The van der Waals surface area contributed by atoms with Crippen LogP contribution in [0.2, 0.25) is 0 Å². The van der Waals surface area contributed by atoms with Crippen LogP contribution in [-0.2, 0) is 11.3 Å². The molecule has 0 amide bonds. The number of benzene rings is 1. The molecule has 4 rings (SSSR count). The van der Waals surface area contributed by atoms with Gasteiger partial charge in [-0.05, 0) is 90.5 Å². The Balaban J connectivity index is 1.40. The van der Waals surface area contributed by atoms with E-state index in [1.807, 2.05) is 0 Å². The number of hydrogen-bond acceptors (Lipinski definition) is 3. The van der Waals surface area contributed by atoms with Gasteiger partial charge in [0.1, 0.15) is 5.82 Å². The minimum atomic E-state index is -0.637. The largest absolute Gasteiger partial charge is 0.393 e. The Kier molecular flexibility index (Phi) is 7.57. The average Bonchev–Trinajstić information content (AvgIpc) is 3.14. The molecule has 0 radical (unpaired) electrons. The van der Waals surface area contributed by atoms with Crippen molar-refractivity contribution in [2.24, 2.45) is 23.2 Å². The second-order valence-corrected chi connectivity index (χ2v) is 10.8. The average molecular weight is 455 g/mol. The molecule has 0 bridgehead atoms. The maximum atomic E-state index is 13.1. The second kappa shape index (κ2) is 10.2. The SMILES string of the molecule is C=C1/C(=C\C=C2/CCCC3(C)[C@@H]([C@H](C)COCc4ccc(F)cc4)CC[C@@H]23)C[C@@H](O)CC1O. The van der Waals surface area contributed by atoms with Crippen molar-refractivity contribution in [2.75, 3.05) is 6.61 Å². The zero-order valence-electron chi connectivity index (χ0n) is 20.1. The first kappa shape index (κ1) is 24.4. The van der Waals surface area contributed by atoms with Crippen LogP contribution in [0.15, 0.2) is 59.7 Å². The van der Waals surface area contributed by atoms with Crippen LogP contribution >= 0.6 is 0 Å². The highest BCUT2D eigenvalue weighted by molar-refractivity contribution is 5.38. The highest BCUT2D eigenvalue weighted by Gasteiger charge is 2.50. The highest BCUT2D eigenvalue weighted by atomic mass is 19.1. The molecule has 6 atom stereocenters. The highest BCUT2D eigenvalue weighted by Crippen LogP contribution is 2.59. The standard InChI is InChI=1S/C29H39FO3/c1-19(17-33-18-21-6-10-24(30)11-7-21)26-12-13-27-22(5-4-14-29(26,27)3)8-9-23-15-25(31)16-28(32)20(23)2/h6-11,19,25-28,31-32H,2,4-5,12-18H2,1,3H3/b22-8+,23-9-/t19-,25-,26-,27+,28?,29?/m1/s1. The summed E-state index contributed by atoms with van der Waals surface area (Å²) in [5, 5.41) is 20.2. The molecule has 0 spiro atoms. The number of ether oxygens (including phenoxy) is 1. The van der Waals surface area contributed by atoms with Gasteiger partial charge in [-0.2, -0.15) is 0 Å². The summed E-state index contributed by atoms with van der Waals surface area (Å²) in [4.78, 5) is 0. The van der Waals surface area contributed by atoms with Gasteiger partial charge < -0.3 is 14.9 Å². The summed E-state index contributed by atoms with van der Waals surface area (Å²) >= 11 is 0. The lowest BCUT2D eigenvalue weighted by molar-refractivity contribution is 0.0277. The first-order valence-electron chi connectivity index (χ1n) is 12.5. The summed E-state index contributed by atoms with van der Waals surface area (Å²) in [5.41, 5.74) is 4.55. The van der Waals surface area contributed by atoms with E-state index >= 15 is 0 Å². The third-order valence-electron chi connectivity index (χ3n) is 8.55. The molecule has 2 unspecified atom stereocenters. The van der Waals surface area contributed by atoms with Gasteiger partial charge in [-0.15, -0.1) is 0 Å². The number of hydrogen-bond donors (Lipinski definition) is 2. The van der Waals surface area contributed by atoms with E-state index in [1.165, 1.54) is 43.4 Å². The van der Waals surface area contributed by atoms with E-state index in [4.69, 9.17) is 4.74 Å². The van der Waals surface area contributed by atoms with Crippen LogP contribution < -0.4 is 0 Å². The number of rotatable bonds is 6. The lowest BCUT2D eigenvalue weighted by atomic mass is 9.61. The van der Waals surface area contributed by atoms with Gasteiger partial charge >= 0.3 is 0 Å². The molecule has 3 aliphatic rings. The van der Waals surface area contributed by atoms with E-state index in [1.54, 1.807) is 12.1 Å². The normalized spacial score (nSPS) is 35.7. The molecule has 33 heavy (non-hydrogen) atoms. The van der Waals surface area contributed by atoms with Crippen molar-refractivity contribution >= 4 is 0 Å². The Hall–Kier alpha value is -1.75. The van der Waals surface area contributed by atoms with Gasteiger partial charge in [-0.3, -0.25) is 0 Å². The Morgan fingerprint density at radius 1 is 1.21 bits per heavy atom. The topological polar surface area (TPSA) is 49.7 Å². The van der Waals surface area contributed by atoms with Gasteiger partial charge in [0.25, 0.3) is 0 Å². The van der Waals surface area contributed by atoms with Gasteiger partial charge in [0.15, 0.2) is 0 Å². The zero-order valence-corrected chi connectivity index (χ0v) is 20.1. The molecule has 0 saturated heterocycles. The molecule has 3 fully saturated rings. The summed E-state index contributed by atoms with van der Waals surface area (Å²) in [6, 6.07) is 6.55. The van der Waals surface area contributed by atoms with Crippen molar-refractivity contribution in [2.45, 2.75) is 77.6 Å². The minimum absolute atomic E-state index is 0.214. The first-order chi connectivity index (χ1) is 15.8. The van der Waals surface area contributed by atoms with Crippen LogP contribution in [0.3, 0.4) is 0 Å². The van der Waals surface area contributed by atoms with Crippen molar-refractivity contribution in [1.29, 1.82) is 0 Å². The van der Waals surface area contributed by atoms with Crippen LogP contribution in [0, 0.1) is 29.0 Å². The van der Waals surface area contributed by atoms with Gasteiger partial charge in [-0.25, -0.2) is 4.39 Å². The van der Waals surface area contributed by atoms with Gasteiger partial charge in [0.05, 0.1) is 18.8 Å². The van der Waals surface area contributed by atoms with Crippen LogP contribution in [0.25, 0.3) is 0 Å². The quantitative estimate of drug-likeness (QED) is 0.544. The monoisotopic (exact) mass is 454 g/mol. The molecule has 0 heterocycles. The molecule has 2 N–H and O–H groups in total. The van der Waals surface area contributed by atoms with E-state index in [-0.39, 0.29) is 11.2 Å². The summed E-state index contributed by atoms with van der Waals surface area (Å²) in [5.74, 6) is 1.47. The molecule has 1 aromatic rings. The van der Waals surface area contributed by atoms with Crippen LogP contribution in [0.5, 0.6) is 0 Å². The number of aliphatic hydroxyl groups excluding tert-OH is 2. The molecule has 3 saturated carbocycles. The third kappa shape index (κ3) is 5.34. The fourth-order valence-corrected chi connectivity index (χ4v) is 6.74. The number of halogens is 1. The maximum absolute atomic E-state index is 13.1. The molecule has 0 aliphatic heterocycles. The molecule has 3 aliphatic carbocycles. The lowest BCUT2D eigenvalue weighted by Gasteiger charge is -2.44. The molecule has 1 aromatic carbocycles. The summed E-state index contributed by atoms with van der Waals surface area (Å²) < 4.78 is 19.2. The van der Waals surface area contributed by atoms with Crippen molar-refractivity contribution < 1.29 is 19.3 Å². The minimum Gasteiger partial charge on any atom is -0.393 e. The number of fused-ring (bicyclic) bond motifs is 1. The van der Waals surface area contributed by atoms with Gasteiger partial charge in [0.2, 0.25) is 0 Å². The fourth-order valence-electron chi connectivity index (χ4n) is 6.74. The maximum Gasteiger partial charge on any atom is 0.123 e. The first-order valence-corrected chi connectivity index (χ1v) is 12.5. The van der Waals surface area contributed by atoms with Crippen LogP contribution in [-0.4, -0.2) is 29.0 Å². The van der Waals surface area contributed by atoms with Gasteiger partial charge in [0, 0.05) is 13.0 Å². The number of aliphatic hydroxyl groups is 2. The Labute approximate surface area is 198 Å². The molecular formula is C29H39FO3. The smallest absolute Gasteiger partial charge is 0.123 e. The van der Waals surface area contributed by atoms with E-state index < -0.39 is 12.2 Å². The molecule has 3 nitrogen and oxygen atoms in total. The van der Waals surface area contributed by atoms with Crippen molar-refractivity contribution in [3.05, 3.63) is 71.1 Å².